The van der Waals surface area contributed by atoms with Crippen LogP contribution in [0.5, 0.6) is 0 Å². The van der Waals surface area contributed by atoms with Crippen molar-refractivity contribution in [3.05, 3.63) is 53.5 Å². The number of hydrogen-bond donors (Lipinski definition) is 3. The number of nitrogens with one attached hydrogen (secondary N) is 2. The number of aromatic nitrogens is 3. The zero-order valence-corrected chi connectivity index (χ0v) is 13.1. The first-order valence-electron chi connectivity index (χ1n) is 7.16. The zero-order chi connectivity index (χ0) is 17.1. The molecule has 8 nitrogen and oxygen atoms in total. The Labute approximate surface area is 137 Å². The summed E-state index contributed by atoms with van der Waals surface area (Å²) in [6.45, 7) is 3.58. The molecule has 0 aliphatic rings. The Bertz CT molecular complexity index is 874. The van der Waals surface area contributed by atoms with Crippen LogP contribution in [-0.4, -0.2) is 26.2 Å². The predicted octanol–water partition coefficient (Wildman–Crippen LogP) is 3.27. The molecule has 24 heavy (non-hydrogen) atoms. The van der Waals surface area contributed by atoms with Crippen LogP contribution in [0.1, 0.15) is 21.9 Å². The van der Waals surface area contributed by atoms with Crippen LogP contribution in [0.2, 0.25) is 0 Å². The standard InChI is InChI=1S/C16H15N5O3/c1-9-7-15(21-24-9)20-14-8-13(17-10(2)18-14)19-12-5-3-11(4-6-12)16(22)23/h3-8H,1-2H3,(H,22,23)(H2,17,18,19,20,21). The fourth-order valence-electron chi connectivity index (χ4n) is 2.10. The van der Waals surface area contributed by atoms with Crippen molar-refractivity contribution in [1.29, 1.82) is 0 Å². The number of nitrogens with zero attached hydrogens (tertiary/aromatic N) is 3. The Kier molecular flexibility index (Phi) is 4.11. The van der Waals surface area contributed by atoms with Gasteiger partial charge in [0, 0.05) is 17.8 Å². The second-order valence-corrected chi connectivity index (χ2v) is 5.14. The minimum absolute atomic E-state index is 0.225. The number of aryl methyl sites for hydroxylation is 2. The highest BCUT2D eigenvalue weighted by Crippen LogP contribution is 2.20. The van der Waals surface area contributed by atoms with E-state index in [2.05, 4.69) is 25.8 Å². The first-order valence-corrected chi connectivity index (χ1v) is 7.16. The van der Waals surface area contributed by atoms with E-state index in [1.165, 1.54) is 12.1 Å². The third kappa shape index (κ3) is 3.67. The molecule has 1 aromatic carbocycles. The molecule has 0 aliphatic heterocycles. The maximum atomic E-state index is 10.9. The number of carbonyl (C=O) groups is 1. The van der Waals surface area contributed by atoms with E-state index >= 15 is 0 Å². The second-order valence-electron chi connectivity index (χ2n) is 5.14. The Morgan fingerprint density at radius 3 is 2.25 bits per heavy atom. The summed E-state index contributed by atoms with van der Waals surface area (Å²) >= 11 is 0. The van der Waals surface area contributed by atoms with Crippen LogP contribution in [0.3, 0.4) is 0 Å². The van der Waals surface area contributed by atoms with Gasteiger partial charge in [0.1, 0.15) is 23.2 Å². The molecule has 0 aliphatic carbocycles. The minimum Gasteiger partial charge on any atom is -0.478 e. The first kappa shape index (κ1) is 15.5. The van der Waals surface area contributed by atoms with Crippen molar-refractivity contribution in [2.24, 2.45) is 0 Å². The van der Waals surface area contributed by atoms with Crippen LogP contribution in [0.4, 0.5) is 23.1 Å². The molecule has 0 spiro atoms. The van der Waals surface area contributed by atoms with Crippen LogP contribution in [0.15, 0.2) is 40.9 Å². The van der Waals surface area contributed by atoms with Gasteiger partial charge in [0.05, 0.1) is 5.56 Å². The van der Waals surface area contributed by atoms with E-state index < -0.39 is 5.97 Å². The largest absolute Gasteiger partial charge is 0.478 e. The maximum Gasteiger partial charge on any atom is 0.335 e. The van der Waals surface area contributed by atoms with Gasteiger partial charge in [-0.25, -0.2) is 14.8 Å². The quantitative estimate of drug-likeness (QED) is 0.655. The van der Waals surface area contributed by atoms with Crippen LogP contribution in [-0.2, 0) is 0 Å². The molecule has 3 aromatic rings. The molecule has 0 saturated carbocycles. The second kappa shape index (κ2) is 6.37. The van der Waals surface area contributed by atoms with Crippen molar-refractivity contribution in [3.63, 3.8) is 0 Å². The summed E-state index contributed by atoms with van der Waals surface area (Å²) in [7, 11) is 0. The van der Waals surface area contributed by atoms with Crippen molar-refractivity contribution >= 4 is 29.1 Å². The van der Waals surface area contributed by atoms with Gasteiger partial charge in [-0.05, 0) is 38.1 Å². The molecule has 0 atom stereocenters. The molecule has 3 N–H and O–H groups in total. The van der Waals surface area contributed by atoms with E-state index in [4.69, 9.17) is 9.63 Å². The van der Waals surface area contributed by atoms with Crippen molar-refractivity contribution in [2.75, 3.05) is 10.6 Å². The third-order valence-corrected chi connectivity index (χ3v) is 3.13. The van der Waals surface area contributed by atoms with E-state index in [0.717, 1.165) is 5.69 Å². The zero-order valence-electron chi connectivity index (χ0n) is 13.1. The van der Waals surface area contributed by atoms with Gasteiger partial charge in [0.2, 0.25) is 0 Å². The summed E-state index contributed by atoms with van der Waals surface area (Å²) in [5.74, 6) is 2.01. The van der Waals surface area contributed by atoms with Gasteiger partial charge in [-0.15, -0.1) is 0 Å². The number of benzene rings is 1. The van der Waals surface area contributed by atoms with Gasteiger partial charge in [0.15, 0.2) is 5.82 Å². The number of hydrogen-bond acceptors (Lipinski definition) is 7. The summed E-state index contributed by atoms with van der Waals surface area (Å²) in [6, 6.07) is 9.88. The van der Waals surface area contributed by atoms with Gasteiger partial charge in [-0.1, -0.05) is 5.16 Å². The Hall–Kier alpha value is -3.42. The molecule has 3 rings (SSSR count). The molecule has 122 valence electrons. The molecular weight excluding hydrogens is 310 g/mol. The Balaban J connectivity index is 1.79. The normalized spacial score (nSPS) is 10.4. The summed E-state index contributed by atoms with van der Waals surface area (Å²) in [6.07, 6.45) is 0. The van der Waals surface area contributed by atoms with Crippen molar-refractivity contribution in [1.82, 2.24) is 15.1 Å². The van der Waals surface area contributed by atoms with E-state index in [9.17, 15) is 4.79 Å². The van der Waals surface area contributed by atoms with Gasteiger partial charge in [-0.2, -0.15) is 0 Å². The van der Waals surface area contributed by atoms with E-state index in [0.29, 0.717) is 29.0 Å². The lowest BCUT2D eigenvalue weighted by atomic mass is 10.2. The average molecular weight is 325 g/mol. The highest BCUT2D eigenvalue weighted by Gasteiger charge is 2.07. The SMILES string of the molecule is Cc1nc(Nc2ccc(C(=O)O)cc2)cc(Nc2cc(C)on2)n1. The molecule has 0 unspecified atom stereocenters. The van der Waals surface area contributed by atoms with Crippen LogP contribution in [0, 0.1) is 13.8 Å². The molecule has 0 fully saturated rings. The highest BCUT2D eigenvalue weighted by atomic mass is 16.5. The third-order valence-electron chi connectivity index (χ3n) is 3.13. The molecule has 0 saturated heterocycles. The number of aromatic carboxylic acids is 1. The van der Waals surface area contributed by atoms with Crippen molar-refractivity contribution in [3.8, 4) is 0 Å². The van der Waals surface area contributed by atoms with Crippen molar-refractivity contribution < 1.29 is 14.4 Å². The molecule has 2 aromatic heterocycles. The topological polar surface area (TPSA) is 113 Å². The van der Waals surface area contributed by atoms with Gasteiger partial charge >= 0.3 is 5.97 Å². The number of carboxylic acids is 1. The summed E-state index contributed by atoms with van der Waals surface area (Å²) < 4.78 is 5.00. The monoisotopic (exact) mass is 325 g/mol. The highest BCUT2D eigenvalue weighted by molar-refractivity contribution is 5.88. The fourth-order valence-corrected chi connectivity index (χ4v) is 2.10. The lowest BCUT2D eigenvalue weighted by Gasteiger charge is -2.09. The number of anilines is 4. The molecule has 0 bridgehead atoms. The molecule has 0 radical (unpaired) electrons. The summed E-state index contributed by atoms with van der Waals surface area (Å²) in [5, 5.41) is 18.9. The Morgan fingerprint density at radius 1 is 1.00 bits per heavy atom. The van der Waals surface area contributed by atoms with Crippen LogP contribution in [0.25, 0.3) is 0 Å². The van der Waals surface area contributed by atoms with Crippen LogP contribution < -0.4 is 10.6 Å². The van der Waals surface area contributed by atoms with Crippen molar-refractivity contribution in [2.45, 2.75) is 13.8 Å². The van der Waals surface area contributed by atoms with Gasteiger partial charge in [-0.3, -0.25) is 0 Å². The number of carboxylic acid groups (broad SMARTS) is 1. The van der Waals surface area contributed by atoms with Gasteiger partial charge < -0.3 is 20.3 Å². The lowest BCUT2D eigenvalue weighted by Crippen LogP contribution is -2.02. The fraction of sp³-hybridized carbons (Fsp3) is 0.125. The van der Waals surface area contributed by atoms with E-state index in [-0.39, 0.29) is 5.56 Å². The molecule has 0 amide bonds. The molecule has 2 heterocycles. The number of rotatable bonds is 5. The van der Waals surface area contributed by atoms with E-state index in [1.807, 2.05) is 0 Å². The predicted molar refractivity (Wildman–Crippen MR) is 88.0 cm³/mol. The summed E-state index contributed by atoms with van der Waals surface area (Å²) in [4.78, 5) is 19.5. The summed E-state index contributed by atoms with van der Waals surface area (Å²) in [5.41, 5.74) is 0.949. The molecule has 8 heteroatoms. The molecular formula is C16H15N5O3. The Morgan fingerprint density at radius 2 is 1.67 bits per heavy atom. The van der Waals surface area contributed by atoms with E-state index in [1.54, 1.807) is 38.1 Å². The lowest BCUT2D eigenvalue weighted by molar-refractivity contribution is 0.0697. The maximum absolute atomic E-state index is 10.9. The average Bonchev–Trinajstić information content (AvgIpc) is 2.92. The smallest absolute Gasteiger partial charge is 0.335 e. The van der Waals surface area contributed by atoms with Crippen LogP contribution >= 0.6 is 0 Å². The first-order chi connectivity index (χ1) is 11.5. The minimum atomic E-state index is -0.964. The van der Waals surface area contributed by atoms with Gasteiger partial charge in [0.25, 0.3) is 0 Å².